The number of carbonyl (C=O) groups excluding carboxylic acids is 1. The van der Waals surface area contributed by atoms with Crippen LogP contribution in [0, 0.1) is 5.92 Å². The molecule has 0 amide bonds. The van der Waals surface area contributed by atoms with Gasteiger partial charge in [0.1, 0.15) is 5.75 Å². The molecule has 1 atom stereocenters. The van der Waals surface area contributed by atoms with E-state index in [9.17, 15) is 4.79 Å². The van der Waals surface area contributed by atoms with Crippen LogP contribution in [-0.4, -0.2) is 30.8 Å². The maximum atomic E-state index is 11.0. The zero-order valence-corrected chi connectivity index (χ0v) is 12.6. The summed E-state index contributed by atoms with van der Waals surface area (Å²) in [7, 11) is 0. The third kappa shape index (κ3) is 5.61. The van der Waals surface area contributed by atoms with Crippen molar-refractivity contribution < 1.29 is 14.6 Å². The van der Waals surface area contributed by atoms with Crippen LogP contribution in [0.15, 0.2) is 24.3 Å². The highest BCUT2D eigenvalue weighted by Gasteiger charge is 2.22. The normalized spacial score (nSPS) is 17.5. The number of hydrogen-bond donors (Lipinski definition) is 2. The molecule has 0 unspecified atom stereocenters. The smallest absolute Gasteiger partial charge is 0.310 e. The SMILES string of the molecule is CC(C)c1cccc(O)c1.CCOC(=O)[C@@H]1CCNC1. The van der Waals surface area contributed by atoms with E-state index in [4.69, 9.17) is 9.84 Å². The van der Waals surface area contributed by atoms with E-state index in [0.717, 1.165) is 19.5 Å². The average Bonchev–Trinajstić information content (AvgIpc) is 2.94. The zero-order chi connectivity index (χ0) is 15.0. The fraction of sp³-hybridized carbons (Fsp3) is 0.562. The summed E-state index contributed by atoms with van der Waals surface area (Å²) >= 11 is 0. The van der Waals surface area contributed by atoms with Gasteiger partial charge in [-0.1, -0.05) is 26.0 Å². The van der Waals surface area contributed by atoms with E-state index in [1.807, 2.05) is 19.1 Å². The average molecular weight is 279 g/mol. The van der Waals surface area contributed by atoms with E-state index in [-0.39, 0.29) is 11.9 Å². The summed E-state index contributed by atoms with van der Waals surface area (Å²) in [6, 6.07) is 7.37. The van der Waals surface area contributed by atoms with Gasteiger partial charge in [0.25, 0.3) is 0 Å². The molecule has 4 heteroatoms. The predicted molar refractivity (Wildman–Crippen MR) is 79.8 cm³/mol. The predicted octanol–water partition coefficient (Wildman–Crippen LogP) is 2.67. The first kappa shape index (κ1) is 16.5. The van der Waals surface area contributed by atoms with E-state index in [1.165, 1.54) is 5.56 Å². The number of rotatable bonds is 3. The van der Waals surface area contributed by atoms with Crippen molar-refractivity contribution >= 4 is 5.97 Å². The van der Waals surface area contributed by atoms with Crippen molar-refractivity contribution in [2.45, 2.75) is 33.1 Å². The van der Waals surface area contributed by atoms with Crippen LogP contribution in [0.2, 0.25) is 0 Å². The summed E-state index contributed by atoms with van der Waals surface area (Å²) in [4.78, 5) is 11.0. The van der Waals surface area contributed by atoms with Crippen molar-refractivity contribution in [1.82, 2.24) is 5.32 Å². The number of benzene rings is 1. The number of esters is 1. The Bertz CT molecular complexity index is 412. The molecule has 4 nitrogen and oxygen atoms in total. The van der Waals surface area contributed by atoms with Crippen molar-refractivity contribution in [3.05, 3.63) is 29.8 Å². The number of phenolic OH excluding ortho intramolecular Hbond substituents is 1. The minimum atomic E-state index is -0.0486. The molecule has 1 aromatic rings. The molecular formula is C16H25NO3. The Hall–Kier alpha value is -1.55. The van der Waals surface area contributed by atoms with Crippen LogP contribution in [0.1, 0.15) is 38.7 Å². The van der Waals surface area contributed by atoms with Crippen LogP contribution < -0.4 is 5.32 Å². The number of aromatic hydroxyl groups is 1. The number of hydrogen-bond acceptors (Lipinski definition) is 4. The van der Waals surface area contributed by atoms with Crippen LogP contribution in [-0.2, 0) is 9.53 Å². The molecule has 1 aromatic carbocycles. The van der Waals surface area contributed by atoms with Crippen molar-refractivity contribution in [2.24, 2.45) is 5.92 Å². The number of carbonyl (C=O) groups is 1. The molecule has 1 heterocycles. The molecule has 1 aliphatic heterocycles. The molecule has 1 aliphatic rings. The van der Waals surface area contributed by atoms with E-state index in [1.54, 1.807) is 12.1 Å². The van der Waals surface area contributed by atoms with E-state index >= 15 is 0 Å². The summed E-state index contributed by atoms with van der Waals surface area (Å²) in [5.74, 6) is 0.908. The standard InChI is InChI=1S/C9H12O.C7H13NO2/c1-7(2)8-4-3-5-9(10)6-8;1-2-10-7(9)6-3-4-8-5-6/h3-7,10H,1-2H3;6,8H,2-5H2,1H3/t;6-/m.1/s1. The summed E-state index contributed by atoms with van der Waals surface area (Å²) in [5, 5.41) is 12.2. The molecule has 2 rings (SSSR count). The lowest BCUT2D eigenvalue weighted by Gasteiger charge is -2.05. The van der Waals surface area contributed by atoms with Gasteiger partial charge in [-0.3, -0.25) is 4.79 Å². The molecule has 20 heavy (non-hydrogen) atoms. The van der Waals surface area contributed by atoms with Gasteiger partial charge in [0.15, 0.2) is 0 Å². The third-order valence-corrected chi connectivity index (χ3v) is 3.22. The summed E-state index contributed by atoms with van der Waals surface area (Å²) in [6.45, 7) is 8.28. The number of ether oxygens (including phenoxy) is 1. The van der Waals surface area contributed by atoms with Gasteiger partial charge in [0, 0.05) is 6.54 Å². The maximum absolute atomic E-state index is 11.0. The Morgan fingerprint density at radius 1 is 1.50 bits per heavy atom. The highest BCUT2D eigenvalue weighted by atomic mass is 16.5. The maximum Gasteiger partial charge on any atom is 0.310 e. The topological polar surface area (TPSA) is 58.6 Å². The fourth-order valence-electron chi connectivity index (χ4n) is 2.00. The van der Waals surface area contributed by atoms with Crippen LogP contribution in [0.4, 0.5) is 0 Å². The summed E-state index contributed by atoms with van der Waals surface area (Å²) < 4.78 is 4.85. The lowest BCUT2D eigenvalue weighted by atomic mass is 10.0. The molecule has 2 N–H and O–H groups in total. The van der Waals surface area contributed by atoms with Gasteiger partial charge in [-0.15, -0.1) is 0 Å². The molecular weight excluding hydrogens is 254 g/mol. The van der Waals surface area contributed by atoms with Gasteiger partial charge < -0.3 is 15.2 Å². The molecule has 0 aliphatic carbocycles. The van der Waals surface area contributed by atoms with Crippen LogP contribution in [0.3, 0.4) is 0 Å². The van der Waals surface area contributed by atoms with Gasteiger partial charge in [-0.05, 0) is 43.5 Å². The molecule has 0 saturated carbocycles. The molecule has 1 saturated heterocycles. The van der Waals surface area contributed by atoms with Gasteiger partial charge in [0.2, 0.25) is 0 Å². The van der Waals surface area contributed by atoms with Crippen molar-refractivity contribution in [3.63, 3.8) is 0 Å². The van der Waals surface area contributed by atoms with Crippen LogP contribution in [0.5, 0.6) is 5.75 Å². The first-order chi connectivity index (χ1) is 9.54. The Kier molecular flexibility index (Phi) is 7.09. The van der Waals surface area contributed by atoms with Crippen molar-refractivity contribution in [3.8, 4) is 5.75 Å². The number of nitrogens with one attached hydrogen (secondary N) is 1. The molecule has 0 aromatic heterocycles. The second-order valence-corrected chi connectivity index (χ2v) is 5.19. The second kappa shape index (κ2) is 8.59. The highest BCUT2D eigenvalue weighted by molar-refractivity contribution is 5.73. The minimum Gasteiger partial charge on any atom is -0.508 e. The Morgan fingerprint density at radius 2 is 2.25 bits per heavy atom. The summed E-state index contributed by atoms with van der Waals surface area (Å²) in [5.41, 5.74) is 1.18. The van der Waals surface area contributed by atoms with Crippen LogP contribution >= 0.6 is 0 Å². The summed E-state index contributed by atoms with van der Waals surface area (Å²) in [6.07, 6.45) is 0.929. The first-order valence-electron chi connectivity index (χ1n) is 7.20. The van der Waals surface area contributed by atoms with E-state index in [2.05, 4.69) is 19.2 Å². The molecule has 1 fully saturated rings. The minimum absolute atomic E-state index is 0.0486. The van der Waals surface area contributed by atoms with Gasteiger partial charge in [-0.25, -0.2) is 0 Å². The van der Waals surface area contributed by atoms with E-state index < -0.39 is 0 Å². The molecule has 0 bridgehead atoms. The molecule has 0 radical (unpaired) electrons. The molecule has 112 valence electrons. The second-order valence-electron chi connectivity index (χ2n) is 5.19. The lowest BCUT2D eigenvalue weighted by Crippen LogP contribution is -2.19. The van der Waals surface area contributed by atoms with Gasteiger partial charge >= 0.3 is 5.97 Å². The first-order valence-corrected chi connectivity index (χ1v) is 7.20. The van der Waals surface area contributed by atoms with Crippen LogP contribution in [0.25, 0.3) is 0 Å². The Morgan fingerprint density at radius 3 is 2.70 bits per heavy atom. The molecule has 0 spiro atoms. The van der Waals surface area contributed by atoms with Gasteiger partial charge in [0.05, 0.1) is 12.5 Å². The van der Waals surface area contributed by atoms with Crippen molar-refractivity contribution in [1.29, 1.82) is 0 Å². The highest BCUT2D eigenvalue weighted by Crippen LogP contribution is 2.18. The lowest BCUT2D eigenvalue weighted by molar-refractivity contribution is -0.147. The quantitative estimate of drug-likeness (QED) is 0.835. The monoisotopic (exact) mass is 279 g/mol. The Balaban J connectivity index is 0.000000200. The fourth-order valence-corrected chi connectivity index (χ4v) is 2.00. The largest absolute Gasteiger partial charge is 0.508 e. The Labute approximate surface area is 121 Å². The number of phenols is 1. The third-order valence-electron chi connectivity index (χ3n) is 3.22. The van der Waals surface area contributed by atoms with Crippen molar-refractivity contribution in [2.75, 3.05) is 19.7 Å². The zero-order valence-electron chi connectivity index (χ0n) is 12.6. The van der Waals surface area contributed by atoms with E-state index in [0.29, 0.717) is 18.3 Å². The van der Waals surface area contributed by atoms with Gasteiger partial charge in [-0.2, -0.15) is 0 Å².